The van der Waals surface area contributed by atoms with Crippen molar-refractivity contribution in [1.82, 2.24) is 9.97 Å². The summed E-state index contributed by atoms with van der Waals surface area (Å²) in [5, 5.41) is 3.97. The van der Waals surface area contributed by atoms with Gasteiger partial charge in [-0.25, -0.2) is 4.98 Å². The summed E-state index contributed by atoms with van der Waals surface area (Å²) in [4.78, 5) is 19.9. The van der Waals surface area contributed by atoms with Crippen LogP contribution in [0.5, 0.6) is 5.75 Å². The van der Waals surface area contributed by atoms with E-state index >= 15 is 0 Å². The highest BCUT2D eigenvalue weighted by atomic mass is 32.1. The lowest BCUT2D eigenvalue weighted by Crippen LogP contribution is -2.06. The van der Waals surface area contributed by atoms with Gasteiger partial charge in [0.15, 0.2) is 0 Å². The lowest BCUT2D eigenvalue weighted by Gasteiger charge is -2.03. The molecule has 5 nitrogen and oxygen atoms in total. The molecule has 0 saturated heterocycles. The third-order valence-electron chi connectivity index (χ3n) is 4.54. The van der Waals surface area contributed by atoms with Crippen LogP contribution in [0.25, 0.3) is 21.5 Å². The summed E-state index contributed by atoms with van der Waals surface area (Å²) in [6.45, 7) is 0.194. The molecule has 0 aliphatic rings. The zero-order chi connectivity index (χ0) is 19.3. The van der Waals surface area contributed by atoms with E-state index in [0.29, 0.717) is 12.8 Å². The molecule has 0 saturated carbocycles. The van der Waals surface area contributed by atoms with E-state index in [2.05, 4.69) is 16.0 Å². The third-order valence-corrected chi connectivity index (χ3v) is 5.48. The summed E-state index contributed by atoms with van der Waals surface area (Å²) >= 11 is 1.53. The number of esters is 1. The number of nitrogens with one attached hydrogen (secondary N) is 1. The van der Waals surface area contributed by atoms with Gasteiger partial charge in [0.25, 0.3) is 0 Å². The van der Waals surface area contributed by atoms with Crippen molar-refractivity contribution < 1.29 is 14.3 Å². The average molecular weight is 392 g/mol. The number of aromatic nitrogens is 2. The second-order valence-corrected chi connectivity index (χ2v) is 7.25. The minimum Gasteiger partial charge on any atom is -0.497 e. The molecule has 0 aliphatic carbocycles. The molecule has 2 heterocycles. The van der Waals surface area contributed by atoms with Gasteiger partial charge in [-0.15, -0.1) is 11.3 Å². The third kappa shape index (κ3) is 4.07. The second kappa shape index (κ2) is 8.27. The Morgan fingerprint density at radius 1 is 1.14 bits per heavy atom. The number of rotatable bonds is 7. The zero-order valence-corrected chi connectivity index (χ0v) is 16.3. The molecule has 0 amide bonds. The largest absolute Gasteiger partial charge is 0.497 e. The van der Waals surface area contributed by atoms with Crippen molar-refractivity contribution in [2.75, 3.05) is 7.11 Å². The highest BCUT2D eigenvalue weighted by Gasteiger charge is 2.10. The molecule has 0 atom stereocenters. The number of hydrogen-bond donors (Lipinski definition) is 1. The quantitative estimate of drug-likeness (QED) is 0.451. The van der Waals surface area contributed by atoms with Crippen molar-refractivity contribution in [2.45, 2.75) is 19.4 Å². The van der Waals surface area contributed by atoms with Gasteiger partial charge in [-0.05, 0) is 42.3 Å². The van der Waals surface area contributed by atoms with Gasteiger partial charge in [-0.2, -0.15) is 0 Å². The molecule has 0 bridgehead atoms. The highest BCUT2D eigenvalue weighted by molar-refractivity contribution is 7.13. The summed E-state index contributed by atoms with van der Waals surface area (Å²) in [5.41, 5.74) is 3.99. The summed E-state index contributed by atoms with van der Waals surface area (Å²) in [6.07, 6.45) is 2.95. The van der Waals surface area contributed by atoms with Crippen LogP contribution < -0.4 is 4.74 Å². The van der Waals surface area contributed by atoms with E-state index in [1.807, 2.05) is 54.0 Å². The van der Waals surface area contributed by atoms with Crippen LogP contribution in [0.15, 0.2) is 60.1 Å². The molecule has 6 heteroatoms. The molecule has 4 rings (SSSR count). The van der Waals surface area contributed by atoms with E-state index in [4.69, 9.17) is 9.47 Å². The molecular formula is C22H20N2O3S. The number of para-hydroxylation sites is 1. The molecule has 0 fully saturated rings. The number of hydrogen-bond acceptors (Lipinski definition) is 5. The Morgan fingerprint density at radius 2 is 1.96 bits per heavy atom. The predicted octanol–water partition coefficient (Wildman–Crippen LogP) is 4.98. The van der Waals surface area contributed by atoms with Crippen molar-refractivity contribution in [2.24, 2.45) is 0 Å². The van der Waals surface area contributed by atoms with Gasteiger partial charge in [-0.1, -0.05) is 18.2 Å². The van der Waals surface area contributed by atoms with Crippen LogP contribution in [0.3, 0.4) is 0 Å². The first-order valence-electron chi connectivity index (χ1n) is 9.02. The molecule has 2 aromatic carbocycles. The number of fused-ring (bicyclic) bond motifs is 1. The number of H-pyrrole nitrogens is 1. The fraction of sp³-hybridized carbons (Fsp3) is 0.182. The zero-order valence-electron chi connectivity index (χ0n) is 15.5. The summed E-state index contributed by atoms with van der Waals surface area (Å²) in [7, 11) is 1.64. The minimum absolute atomic E-state index is 0.194. The molecule has 0 aliphatic heterocycles. The van der Waals surface area contributed by atoms with E-state index in [9.17, 15) is 4.79 Å². The molecule has 28 heavy (non-hydrogen) atoms. The first-order valence-corrected chi connectivity index (χ1v) is 9.90. The molecule has 142 valence electrons. The number of methoxy groups -OCH3 is 1. The fourth-order valence-corrected chi connectivity index (χ4v) is 3.85. The van der Waals surface area contributed by atoms with Gasteiger partial charge in [0.05, 0.1) is 12.8 Å². The van der Waals surface area contributed by atoms with Crippen molar-refractivity contribution in [3.8, 4) is 16.3 Å². The number of carbonyl (C=O) groups excluding carboxylic acids is 1. The van der Waals surface area contributed by atoms with E-state index in [0.717, 1.165) is 38.5 Å². The van der Waals surface area contributed by atoms with E-state index in [1.165, 1.54) is 11.3 Å². The maximum Gasteiger partial charge on any atom is 0.306 e. The monoisotopic (exact) mass is 392 g/mol. The minimum atomic E-state index is -0.218. The standard InChI is InChI=1S/C22H20N2O3S/c1-26-18-9-6-15(7-10-18)22-24-17(14-28-22)13-27-21(25)11-8-16-12-23-20-5-3-2-4-19(16)20/h2-7,9-10,12,14,23H,8,11,13H2,1H3. The van der Waals surface area contributed by atoms with Gasteiger partial charge < -0.3 is 14.5 Å². The Bertz CT molecular complexity index is 1080. The molecule has 1 N–H and O–H groups in total. The van der Waals surface area contributed by atoms with Crippen molar-refractivity contribution in [3.05, 3.63) is 71.4 Å². The molecular weight excluding hydrogens is 372 g/mol. The van der Waals surface area contributed by atoms with Gasteiger partial charge in [0.1, 0.15) is 17.4 Å². The van der Waals surface area contributed by atoms with Crippen molar-refractivity contribution in [1.29, 1.82) is 0 Å². The topological polar surface area (TPSA) is 64.2 Å². The summed E-state index contributed by atoms with van der Waals surface area (Å²) in [5.74, 6) is 0.592. The van der Waals surface area contributed by atoms with Crippen LogP contribution in [-0.4, -0.2) is 23.0 Å². The number of carbonyl (C=O) groups is 1. The van der Waals surface area contributed by atoms with Crippen LogP contribution in [-0.2, 0) is 22.6 Å². The van der Waals surface area contributed by atoms with E-state index < -0.39 is 0 Å². The lowest BCUT2D eigenvalue weighted by molar-refractivity contribution is -0.145. The van der Waals surface area contributed by atoms with Gasteiger partial charge >= 0.3 is 5.97 Å². The average Bonchev–Trinajstić information content (AvgIpc) is 3.38. The smallest absolute Gasteiger partial charge is 0.306 e. The van der Waals surface area contributed by atoms with E-state index in [-0.39, 0.29) is 12.6 Å². The highest BCUT2D eigenvalue weighted by Crippen LogP contribution is 2.26. The van der Waals surface area contributed by atoms with Crippen LogP contribution >= 0.6 is 11.3 Å². The van der Waals surface area contributed by atoms with Crippen molar-refractivity contribution in [3.63, 3.8) is 0 Å². The normalized spacial score (nSPS) is 10.9. The van der Waals surface area contributed by atoms with Crippen LogP contribution in [0, 0.1) is 0 Å². The first-order chi connectivity index (χ1) is 13.7. The Hall–Kier alpha value is -3.12. The summed E-state index contributed by atoms with van der Waals surface area (Å²) in [6, 6.07) is 15.8. The Kier molecular flexibility index (Phi) is 5.39. The van der Waals surface area contributed by atoms with Gasteiger partial charge in [0, 0.05) is 34.5 Å². The molecule has 2 aromatic heterocycles. The molecule has 0 spiro atoms. The molecule has 4 aromatic rings. The number of thiazole rings is 1. The molecule has 0 radical (unpaired) electrons. The van der Waals surface area contributed by atoms with E-state index in [1.54, 1.807) is 7.11 Å². The number of aromatic amines is 1. The number of aryl methyl sites for hydroxylation is 1. The lowest BCUT2D eigenvalue weighted by atomic mass is 10.1. The number of ether oxygens (including phenoxy) is 2. The number of benzene rings is 2. The predicted molar refractivity (Wildman–Crippen MR) is 111 cm³/mol. The van der Waals surface area contributed by atoms with Gasteiger partial charge in [0.2, 0.25) is 0 Å². The maximum absolute atomic E-state index is 12.1. The molecule has 0 unspecified atom stereocenters. The van der Waals surface area contributed by atoms with Crippen molar-refractivity contribution >= 4 is 28.2 Å². The maximum atomic E-state index is 12.1. The van der Waals surface area contributed by atoms with Gasteiger partial charge in [-0.3, -0.25) is 4.79 Å². The SMILES string of the molecule is COc1ccc(-c2nc(COC(=O)CCc3c[nH]c4ccccc34)cs2)cc1. The fourth-order valence-electron chi connectivity index (χ4n) is 3.04. The number of nitrogens with zero attached hydrogens (tertiary/aromatic N) is 1. The second-order valence-electron chi connectivity index (χ2n) is 6.39. The summed E-state index contributed by atoms with van der Waals surface area (Å²) < 4.78 is 10.6. The van der Waals surface area contributed by atoms with Crippen LogP contribution in [0.4, 0.5) is 0 Å². The first kappa shape index (κ1) is 18.3. The Labute approximate surface area is 167 Å². The van der Waals surface area contributed by atoms with Crippen LogP contribution in [0.1, 0.15) is 17.7 Å². The Balaban J connectivity index is 1.30. The Morgan fingerprint density at radius 3 is 2.79 bits per heavy atom. The van der Waals surface area contributed by atoms with Crippen LogP contribution in [0.2, 0.25) is 0 Å².